The van der Waals surface area contributed by atoms with Gasteiger partial charge in [0.05, 0.1) is 0 Å². The molecule has 1 aromatic rings. The lowest BCUT2D eigenvalue weighted by molar-refractivity contribution is -0.193. The zero-order valence-corrected chi connectivity index (χ0v) is 15.1. The Morgan fingerprint density at radius 2 is 0.676 bits per heavy atom. The minimum atomic E-state index is -0.938. The molecule has 0 aromatic carbocycles. The van der Waals surface area contributed by atoms with Crippen molar-refractivity contribution in [1.82, 2.24) is 32.6 Å². The highest BCUT2D eigenvalue weighted by Crippen LogP contribution is 1.51. The van der Waals surface area contributed by atoms with Crippen LogP contribution in [0.2, 0.25) is 0 Å². The van der Waals surface area contributed by atoms with E-state index in [9.17, 15) is 24.0 Å². The number of carbonyl (C=O) groups excluding carboxylic acids is 9. The normalized spacial score (nSPS) is 5.41. The van der Waals surface area contributed by atoms with E-state index in [0.717, 1.165) is 0 Å². The summed E-state index contributed by atoms with van der Waals surface area (Å²) in [6.07, 6.45) is 0.750. The second kappa shape index (κ2) is 50.8. The van der Waals surface area contributed by atoms with Gasteiger partial charge in [-0.05, 0) is 0 Å². The molecule has 6 amide bonds. The van der Waals surface area contributed by atoms with Crippen molar-refractivity contribution < 1.29 is 43.2 Å². The van der Waals surface area contributed by atoms with Crippen molar-refractivity contribution in [3.63, 3.8) is 0 Å². The van der Waals surface area contributed by atoms with Crippen LogP contribution in [0.15, 0.2) is 14.4 Å². The van der Waals surface area contributed by atoms with Gasteiger partial charge in [-0.15, -0.1) is 0 Å². The van der Waals surface area contributed by atoms with Crippen molar-refractivity contribution in [3.05, 3.63) is 31.5 Å². The Labute approximate surface area is 190 Å². The first kappa shape index (κ1) is 63.0. The number of nitrogens with two attached hydrogens (primary N) is 4. The fourth-order valence-corrected chi connectivity index (χ4v) is 0.525. The predicted octanol–water partition coefficient (Wildman–Crippen LogP) is -4.01. The summed E-state index contributed by atoms with van der Waals surface area (Å²) < 4.78 is 0. The van der Waals surface area contributed by atoms with Crippen LogP contribution >= 0.6 is 0 Å². The number of rotatable bonds is 0. The van der Waals surface area contributed by atoms with E-state index in [1.165, 1.54) is 0 Å². The van der Waals surface area contributed by atoms with E-state index in [1.54, 1.807) is 20.3 Å². The second-order valence-electron chi connectivity index (χ2n) is 2.87. The van der Waals surface area contributed by atoms with Gasteiger partial charge >= 0.3 is 53.6 Å². The molecule has 0 fully saturated rings. The lowest BCUT2D eigenvalue weighted by atomic mass is 10.9. The molecule has 0 aliphatic carbocycles. The van der Waals surface area contributed by atoms with Crippen LogP contribution < -0.4 is 57.6 Å². The first-order valence-electron chi connectivity index (χ1n) is 5.60. The average molecular weight is 506 g/mol. The van der Waals surface area contributed by atoms with Gasteiger partial charge in [-0.1, -0.05) is 22.3 Å². The molecule has 200 valence electrons. The van der Waals surface area contributed by atoms with E-state index in [1.807, 2.05) is 0 Å². The largest absolute Gasteiger partial charge is 0.373 e. The summed E-state index contributed by atoms with van der Waals surface area (Å²) >= 11 is 0. The maximum Gasteiger partial charge on any atom is 0.373 e. The average Bonchev–Trinajstić information content (AvgIpc) is 2.46. The molecule has 0 radical (unpaired) electrons. The highest BCUT2D eigenvalue weighted by molar-refractivity contribution is 5.91. The number of imide groups is 1. The van der Waals surface area contributed by atoms with E-state index >= 15 is 0 Å². The van der Waals surface area contributed by atoms with Crippen molar-refractivity contribution in [2.75, 3.05) is 0 Å². The van der Waals surface area contributed by atoms with Gasteiger partial charge in [0.1, 0.15) is 0 Å². The van der Waals surface area contributed by atoms with Gasteiger partial charge in [0.2, 0.25) is 0 Å². The third-order valence-electron chi connectivity index (χ3n) is 0.928. The van der Waals surface area contributed by atoms with Crippen LogP contribution in [-0.4, -0.2) is 51.5 Å². The number of hydrogen-bond acceptors (Lipinski definition) is 14. The Balaban J connectivity index is -0.0000000263. The minimum Gasteiger partial charge on any atom is -0.352 e. The molecule has 22 heteroatoms. The molecule has 0 saturated heterocycles. The van der Waals surface area contributed by atoms with Crippen molar-refractivity contribution in [2.24, 2.45) is 22.9 Å². The number of carbonyl (C=O) groups is 3. The standard InChI is InChI=1S/C3H3N3O3.C2H5N3O2.CH4N2O.3CO2.3CH4.2H3N/c7-1-4-2(8)6-3(9)5-1;3-1(6)5-2(4)7;2-1(3)4;3*2-1-3;;;;;/h(H3,4,5,6,7,8,9);(H5,3,4,5,6,7);(H4,2,3,4);;;;3*1H4;2*1H3. The van der Waals surface area contributed by atoms with Gasteiger partial charge in [-0.25, -0.2) is 28.8 Å². The number of urea groups is 3. The summed E-state index contributed by atoms with van der Waals surface area (Å²) in [7, 11) is 0. The molecule has 0 atom stereocenters. The molecule has 0 aliphatic rings. The zero-order valence-electron chi connectivity index (χ0n) is 15.1. The molecule has 1 rings (SSSR count). The molecule has 22 nitrogen and oxygen atoms in total. The Kier molecular flexibility index (Phi) is 94.1. The molecule has 1 aromatic heterocycles. The van der Waals surface area contributed by atoms with E-state index in [-0.39, 0.29) is 53.0 Å². The summed E-state index contributed by atoms with van der Waals surface area (Å²) in [6.45, 7) is 0. The lowest BCUT2D eigenvalue weighted by Gasteiger charge is -1.88. The monoisotopic (exact) mass is 506 g/mol. The minimum absolute atomic E-state index is 0. The molecule has 0 spiro atoms. The molecule has 1 heterocycles. The van der Waals surface area contributed by atoms with Gasteiger partial charge in [-0.3, -0.25) is 20.3 Å². The molecule has 18 N–H and O–H groups in total. The number of nitrogens with one attached hydrogen (secondary N) is 4. The third kappa shape index (κ3) is 157. The van der Waals surface area contributed by atoms with E-state index in [4.69, 9.17) is 33.6 Å². The van der Waals surface area contributed by atoms with Crippen molar-refractivity contribution in [2.45, 2.75) is 22.3 Å². The molecule has 0 unspecified atom stereocenters. The summed E-state index contributed by atoms with van der Waals surface area (Å²) in [5.74, 6) is 0. The molecule has 34 heavy (non-hydrogen) atoms. The van der Waals surface area contributed by atoms with E-state index < -0.39 is 35.2 Å². The molecule has 0 saturated carbocycles. The van der Waals surface area contributed by atoms with Crippen molar-refractivity contribution in [1.29, 1.82) is 0 Å². The summed E-state index contributed by atoms with van der Waals surface area (Å²) in [6, 6.07) is -2.71. The van der Waals surface area contributed by atoms with Crippen LogP contribution in [0.25, 0.3) is 0 Å². The molecular formula is C12H30N10O12. The van der Waals surface area contributed by atoms with E-state index in [2.05, 4.69) is 22.9 Å². The molecular weight excluding hydrogens is 476 g/mol. The van der Waals surface area contributed by atoms with Gasteiger partial charge in [-0.2, -0.15) is 28.8 Å². The van der Waals surface area contributed by atoms with Crippen LogP contribution in [0.5, 0.6) is 0 Å². The van der Waals surface area contributed by atoms with Crippen LogP contribution in [0, 0.1) is 0 Å². The maximum absolute atomic E-state index is 10.2. The Morgan fingerprint density at radius 1 is 0.559 bits per heavy atom. The first-order valence-corrected chi connectivity index (χ1v) is 5.60. The highest BCUT2D eigenvalue weighted by atomic mass is 16.2. The number of aromatic nitrogens is 3. The Hall–Kier alpha value is -5.52. The first-order chi connectivity index (χ1) is 13.3. The molecule has 0 bridgehead atoms. The number of primary amides is 4. The van der Waals surface area contributed by atoms with Crippen LogP contribution in [-0.2, 0) is 28.8 Å². The fourth-order valence-electron chi connectivity index (χ4n) is 0.525. The van der Waals surface area contributed by atoms with Crippen molar-refractivity contribution in [3.8, 4) is 0 Å². The third-order valence-corrected chi connectivity index (χ3v) is 0.928. The lowest BCUT2D eigenvalue weighted by Crippen LogP contribution is -2.38. The smallest absolute Gasteiger partial charge is 0.352 e. The Morgan fingerprint density at radius 3 is 0.735 bits per heavy atom. The topological polar surface area (TPSA) is 438 Å². The van der Waals surface area contributed by atoms with Gasteiger partial charge in [0.25, 0.3) is 0 Å². The number of H-pyrrole nitrogens is 3. The van der Waals surface area contributed by atoms with E-state index in [0.29, 0.717) is 0 Å². The maximum atomic E-state index is 10.2. The zero-order chi connectivity index (χ0) is 24.4. The highest BCUT2D eigenvalue weighted by Gasteiger charge is 1.92. The van der Waals surface area contributed by atoms with Crippen LogP contribution in [0.1, 0.15) is 22.3 Å². The summed E-state index contributed by atoms with van der Waals surface area (Å²) in [5, 5.41) is 1.58. The second-order valence-corrected chi connectivity index (χ2v) is 2.87. The quantitative estimate of drug-likeness (QED) is 0.160. The predicted molar refractivity (Wildman–Crippen MR) is 110 cm³/mol. The number of hydrogen-bond donors (Lipinski definition) is 10. The SMILES string of the molecule is C.C.C.N.N.NC(=O)NC(N)=O.NC(N)=O.O=C=O.O=C=O.O=C=O.O=c1[nH]c(=O)[nH]c(=O)[nH]1. The van der Waals surface area contributed by atoms with Crippen LogP contribution in [0.4, 0.5) is 14.4 Å². The van der Waals surface area contributed by atoms with Gasteiger partial charge < -0.3 is 35.2 Å². The van der Waals surface area contributed by atoms with Crippen LogP contribution in [0.3, 0.4) is 0 Å². The molecule has 0 aliphatic heterocycles. The van der Waals surface area contributed by atoms with Gasteiger partial charge in [0.15, 0.2) is 0 Å². The van der Waals surface area contributed by atoms with Gasteiger partial charge in [0, 0.05) is 0 Å². The summed E-state index contributed by atoms with van der Waals surface area (Å²) in [4.78, 5) is 113. The number of aromatic amines is 3. The van der Waals surface area contributed by atoms with Crippen molar-refractivity contribution >= 4 is 36.5 Å². The fraction of sp³-hybridized carbons (Fsp3) is 0.250. The number of amides is 6. The Bertz CT molecular complexity index is 763. The summed E-state index contributed by atoms with van der Waals surface area (Å²) in [5.41, 5.74) is 15.0.